The lowest BCUT2D eigenvalue weighted by atomic mass is 10.1. The molecule has 1 aromatic carbocycles. The first-order valence-corrected chi connectivity index (χ1v) is 6.29. The van der Waals surface area contributed by atoms with Gasteiger partial charge in [0.1, 0.15) is 6.07 Å². The first-order chi connectivity index (χ1) is 8.13. The highest BCUT2D eigenvalue weighted by Gasteiger charge is 2.20. The minimum Gasteiger partial charge on any atom is -0.366 e. The SMILES string of the molecule is CC1CN(c2ccc(C#N)c(Br)c2F)CCN1. The second-order valence-corrected chi connectivity index (χ2v) is 4.97. The Labute approximate surface area is 108 Å². The molecule has 1 saturated heterocycles. The zero-order valence-electron chi connectivity index (χ0n) is 9.50. The average Bonchev–Trinajstić information content (AvgIpc) is 2.32. The summed E-state index contributed by atoms with van der Waals surface area (Å²) in [5, 5.41) is 12.1. The van der Waals surface area contributed by atoms with Gasteiger partial charge in [0.05, 0.1) is 15.7 Å². The number of piperazine rings is 1. The molecule has 1 aromatic rings. The van der Waals surface area contributed by atoms with Crippen molar-refractivity contribution >= 4 is 21.6 Å². The normalized spacial score (nSPS) is 20.1. The fourth-order valence-corrected chi connectivity index (χ4v) is 2.44. The third-order valence-corrected chi connectivity index (χ3v) is 3.67. The fourth-order valence-electron chi connectivity index (χ4n) is 2.02. The maximum absolute atomic E-state index is 14.1. The molecule has 1 aliphatic rings. The molecular weight excluding hydrogens is 285 g/mol. The molecule has 0 bridgehead atoms. The monoisotopic (exact) mass is 297 g/mol. The summed E-state index contributed by atoms with van der Waals surface area (Å²) in [6.07, 6.45) is 0. The lowest BCUT2D eigenvalue weighted by Gasteiger charge is -2.34. The van der Waals surface area contributed by atoms with E-state index in [0.717, 1.165) is 19.6 Å². The van der Waals surface area contributed by atoms with Crippen LogP contribution >= 0.6 is 15.9 Å². The zero-order chi connectivity index (χ0) is 12.4. The number of nitrogens with zero attached hydrogens (tertiary/aromatic N) is 2. The van der Waals surface area contributed by atoms with Gasteiger partial charge in [0.25, 0.3) is 0 Å². The zero-order valence-corrected chi connectivity index (χ0v) is 11.1. The van der Waals surface area contributed by atoms with Gasteiger partial charge in [0.15, 0.2) is 5.82 Å². The van der Waals surface area contributed by atoms with Crippen LogP contribution in [0, 0.1) is 17.1 Å². The van der Waals surface area contributed by atoms with Crippen molar-refractivity contribution in [2.75, 3.05) is 24.5 Å². The van der Waals surface area contributed by atoms with E-state index in [-0.39, 0.29) is 10.3 Å². The quantitative estimate of drug-likeness (QED) is 0.864. The summed E-state index contributed by atoms with van der Waals surface area (Å²) in [7, 11) is 0. The minimum atomic E-state index is -0.349. The molecule has 0 amide bonds. The summed E-state index contributed by atoms with van der Waals surface area (Å²) in [4.78, 5) is 2.00. The van der Waals surface area contributed by atoms with Crippen LogP contribution in [0.3, 0.4) is 0 Å². The van der Waals surface area contributed by atoms with Gasteiger partial charge in [-0.3, -0.25) is 0 Å². The predicted octanol–water partition coefficient (Wildman–Crippen LogP) is 2.26. The Morgan fingerprint density at radius 1 is 1.59 bits per heavy atom. The summed E-state index contributed by atoms with van der Waals surface area (Å²) >= 11 is 3.13. The largest absolute Gasteiger partial charge is 0.366 e. The first kappa shape index (κ1) is 12.3. The number of benzene rings is 1. The Bertz CT molecular complexity index is 470. The molecule has 5 heteroatoms. The molecule has 1 atom stereocenters. The highest BCUT2D eigenvalue weighted by Crippen LogP contribution is 2.29. The first-order valence-electron chi connectivity index (χ1n) is 5.50. The molecule has 2 rings (SSSR count). The highest BCUT2D eigenvalue weighted by molar-refractivity contribution is 9.10. The number of hydrogen-bond acceptors (Lipinski definition) is 3. The summed E-state index contributed by atoms with van der Waals surface area (Å²) in [5.74, 6) is -0.349. The lowest BCUT2D eigenvalue weighted by Crippen LogP contribution is -2.49. The number of anilines is 1. The molecule has 0 radical (unpaired) electrons. The van der Waals surface area contributed by atoms with E-state index in [2.05, 4.69) is 28.2 Å². The molecule has 90 valence electrons. The van der Waals surface area contributed by atoms with E-state index in [0.29, 0.717) is 17.3 Å². The van der Waals surface area contributed by atoms with E-state index in [1.54, 1.807) is 12.1 Å². The Morgan fingerprint density at radius 2 is 2.35 bits per heavy atom. The van der Waals surface area contributed by atoms with Gasteiger partial charge in [-0.1, -0.05) is 0 Å². The summed E-state index contributed by atoms with van der Waals surface area (Å²) in [6, 6.07) is 5.63. The molecule has 0 aromatic heterocycles. The number of rotatable bonds is 1. The minimum absolute atomic E-state index is 0.253. The summed E-state index contributed by atoms with van der Waals surface area (Å²) < 4.78 is 14.4. The van der Waals surface area contributed by atoms with E-state index in [1.165, 1.54) is 0 Å². The van der Waals surface area contributed by atoms with Gasteiger partial charge in [0.2, 0.25) is 0 Å². The standard InChI is InChI=1S/C12H13BrFN3/c1-8-7-17(5-4-16-8)10-3-2-9(6-15)11(13)12(10)14/h2-3,8,16H,4-5,7H2,1H3. The average molecular weight is 298 g/mol. The van der Waals surface area contributed by atoms with Crippen LogP contribution in [0.25, 0.3) is 0 Å². The summed E-state index contributed by atoms with van der Waals surface area (Å²) in [6.45, 7) is 4.47. The van der Waals surface area contributed by atoms with Crippen LogP contribution in [0.5, 0.6) is 0 Å². The topological polar surface area (TPSA) is 39.1 Å². The van der Waals surface area contributed by atoms with E-state index in [9.17, 15) is 4.39 Å². The molecule has 0 spiro atoms. The van der Waals surface area contributed by atoms with Crippen molar-refractivity contribution in [3.8, 4) is 6.07 Å². The highest BCUT2D eigenvalue weighted by atomic mass is 79.9. The van der Waals surface area contributed by atoms with Gasteiger partial charge >= 0.3 is 0 Å². The Kier molecular flexibility index (Phi) is 3.65. The molecule has 1 heterocycles. The van der Waals surface area contributed by atoms with Crippen molar-refractivity contribution in [2.24, 2.45) is 0 Å². The predicted molar refractivity (Wildman–Crippen MR) is 68.5 cm³/mol. The van der Waals surface area contributed by atoms with Crippen molar-refractivity contribution in [2.45, 2.75) is 13.0 Å². The van der Waals surface area contributed by atoms with E-state index >= 15 is 0 Å². The van der Waals surface area contributed by atoms with E-state index in [4.69, 9.17) is 5.26 Å². The summed E-state index contributed by atoms with van der Waals surface area (Å²) in [5.41, 5.74) is 0.888. The van der Waals surface area contributed by atoms with E-state index in [1.807, 2.05) is 11.0 Å². The molecule has 0 saturated carbocycles. The second kappa shape index (κ2) is 5.03. The molecular formula is C12H13BrFN3. The van der Waals surface area contributed by atoms with Crippen LogP contribution in [-0.2, 0) is 0 Å². The van der Waals surface area contributed by atoms with Gasteiger partial charge in [0, 0.05) is 25.7 Å². The van der Waals surface area contributed by atoms with Crippen molar-refractivity contribution < 1.29 is 4.39 Å². The molecule has 0 aliphatic carbocycles. The number of halogens is 2. The van der Waals surface area contributed by atoms with Crippen LogP contribution < -0.4 is 10.2 Å². The van der Waals surface area contributed by atoms with Crippen molar-refractivity contribution in [3.63, 3.8) is 0 Å². The molecule has 1 aliphatic heterocycles. The molecule has 1 N–H and O–H groups in total. The van der Waals surface area contributed by atoms with Gasteiger partial charge in [-0.2, -0.15) is 5.26 Å². The lowest BCUT2D eigenvalue weighted by molar-refractivity contribution is 0.478. The van der Waals surface area contributed by atoms with E-state index < -0.39 is 0 Å². The Balaban J connectivity index is 2.33. The van der Waals surface area contributed by atoms with Crippen LogP contribution in [-0.4, -0.2) is 25.7 Å². The van der Waals surface area contributed by atoms with Crippen molar-refractivity contribution in [1.29, 1.82) is 5.26 Å². The van der Waals surface area contributed by atoms with Gasteiger partial charge in [-0.15, -0.1) is 0 Å². The third kappa shape index (κ3) is 2.43. The number of nitrogens with one attached hydrogen (secondary N) is 1. The maximum Gasteiger partial charge on any atom is 0.161 e. The Hall–Kier alpha value is -1.12. The molecule has 1 unspecified atom stereocenters. The third-order valence-electron chi connectivity index (χ3n) is 2.89. The number of hydrogen-bond donors (Lipinski definition) is 1. The van der Waals surface area contributed by atoms with Crippen molar-refractivity contribution in [3.05, 3.63) is 28.0 Å². The van der Waals surface area contributed by atoms with Gasteiger partial charge in [-0.25, -0.2) is 4.39 Å². The fraction of sp³-hybridized carbons (Fsp3) is 0.417. The van der Waals surface area contributed by atoms with Gasteiger partial charge < -0.3 is 10.2 Å². The maximum atomic E-state index is 14.1. The van der Waals surface area contributed by atoms with Gasteiger partial charge in [-0.05, 0) is 35.0 Å². The molecule has 1 fully saturated rings. The van der Waals surface area contributed by atoms with Crippen LogP contribution in [0.15, 0.2) is 16.6 Å². The Morgan fingerprint density at radius 3 is 3.00 bits per heavy atom. The smallest absolute Gasteiger partial charge is 0.161 e. The van der Waals surface area contributed by atoms with Crippen LogP contribution in [0.4, 0.5) is 10.1 Å². The van der Waals surface area contributed by atoms with Crippen molar-refractivity contribution in [1.82, 2.24) is 5.32 Å². The van der Waals surface area contributed by atoms with Crippen LogP contribution in [0.1, 0.15) is 12.5 Å². The second-order valence-electron chi connectivity index (χ2n) is 4.17. The molecule has 3 nitrogen and oxygen atoms in total. The molecule has 17 heavy (non-hydrogen) atoms. The number of nitriles is 1. The van der Waals surface area contributed by atoms with Crippen LogP contribution in [0.2, 0.25) is 0 Å².